The Kier molecular flexibility index (Phi) is 4.92. The van der Waals surface area contributed by atoms with Gasteiger partial charge in [0.25, 0.3) is 5.91 Å². The van der Waals surface area contributed by atoms with E-state index in [2.05, 4.69) is 17.2 Å². The molecule has 1 rings (SSSR count). The van der Waals surface area contributed by atoms with Gasteiger partial charge in [0.15, 0.2) is 0 Å². The first-order valence-corrected chi connectivity index (χ1v) is 5.55. The van der Waals surface area contributed by atoms with Gasteiger partial charge in [0.2, 0.25) is 0 Å². The summed E-state index contributed by atoms with van der Waals surface area (Å²) in [5.74, 6) is 0.348. The molecule has 0 aromatic carbocycles. The van der Waals surface area contributed by atoms with E-state index in [-0.39, 0.29) is 5.91 Å². The smallest absolute Gasteiger partial charge is 0.253 e. The number of aromatic nitrogens is 1. The predicted octanol–water partition coefficient (Wildman–Crippen LogP) is 1.10. The van der Waals surface area contributed by atoms with Crippen molar-refractivity contribution in [3.8, 4) is 0 Å². The summed E-state index contributed by atoms with van der Waals surface area (Å²) >= 11 is 0. The number of carbonyl (C=O) groups excluding carboxylic acids is 1. The molecule has 88 valence electrons. The number of hydrogen-bond acceptors (Lipinski definition) is 3. The Morgan fingerprint density at radius 3 is 3.00 bits per heavy atom. The van der Waals surface area contributed by atoms with Gasteiger partial charge in [-0.2, -0.15) is 0 Å². The minimum atomic E-state index is -0.0607. The van der Waals surface area contributed by atoms with Crippen LogP contribution in [0.25, 0.3) is 0 Å². The topological polar surface area (TPSA) is 68.0 Å². The highest BCUT2D eigenvalue weighted by Gasteiger charge is 2.09. The van der Waals surface area contributed by atoms with Crippen LogP contribution in [-0.2, 0) is 0 Å². The number of hydrogen-bond donors (Lipinski definition) is 2. The molecule has 0 aliphatic carbocycles. The standard InChI is InChI=1S/C12H19N3O/c1-9(5-6-13)8-15-12(16)11-4-3-7-14-10(11)2/h3-4,7,9H,5-6,8,13H2,1-2H3,(H,15,16). The lowest BCUT2D eigenvalue weighted by molar-refractivity contribution is 0.0946. The lowest BCUT2D eigenvalue weighted by Crippen LogP contribution is -2.29. The molecular formula is C12H19N3O. The lowest BCUT2D eigenvalue weighted by Gasteiger charge is -2.11. The first-order valence-electron chi connectivity index (χ1n) is 5.55. The van der Waals surface area contributed by atoms with Crippen LogP contribution in [0.4, 0.5) is 0 Å². The Balaban J connectivity index is 2.50. The van der Waals surface area contributed by atoms with E-state index >= 15 is 0 Å². The zero-order valence-corrected chi connectivity index (χ0v) is 9.86. The maximum absolute atomic E-state index is 11.8. The van der Waals surface area contributed by atoms with E-state index in [1.54, 1.807) is 18.3 Å². The molecule has 1 aromatic heterocycles. The molecule has 4 nitrogen and oxygen atoms in total. The van der Waals surface area contributed by atoms with Crippen molar-refractivity contribution in [3.05, 3.63) is 29.6 Å². The monoisotopic (exact) mass is 221 g/mol. The lowest BCUT2D eigenvalue weighted by atomic mass is 10.1. The van der Waals surface area contributed by atoms with Crippen LogP contribution in [-0.4, -0.2) is 24.0 Å². The second-order valence-electron chi connectivity index (χ2n) is 4.03. The maximum atomic E-state index is 11.8. The summed E-state index contributed by atoms with van der Waals surface area (Å²) in [7, 11) is 0. The van der Waals surface area contributed by atoms with Crippen molar-refractivity contribution in [3.63, 3.8) is 0 Å². The van der Waals surface area contributed by atoms with Crippen LogP contribution in [0, 0.1) is 12.8 Å². The van der Waals surface area contributed by atoms with Crippen LogP contribution in [0.15, 0.2) is 18.3 Å². The Morgan fingerprint density at radius 2 is 2.38 bits per heavy atom. The van der Waals surface area contributed by atoms with Crippen molar-refractivity contribution in [1.82, 2.24) is 10.3 Å². The highest BCUT2D eigenvalue weighted by atomic mass is 16.1. The Labute approximate surface area is 96.3 Å². The summed E-state index contributed by atoms with van der Waals surface area (Å²) in [5.41, 5.74) is 6.85. The average Bonchev–Trinajstić information content (AvgIpc) is 2.27. The third-order valence-electron chi connectivity index (χ3n) is 2.52. The van der Waals surface area contributed by atoms with E-state index in [9.17, 15) is 4.79 Å². The number of rotatable bonds is 5. The second kappa shape index (κ2) is 6.23. The van der Waals surface area contributed by atoms with Crippen molar-refractivity contribution in [2.45, 2.75) is 20.3 Å². The Morgan fingerprint density at radius 1 is 1.62 bits per heavy atom. The van der Waals surface area contributed by atoms with Crippen LogP contribution < -0.4 is 11.1 Å². The molecule has 0 saturated heterocycles. The third-order valence-corrected chi connectivity index (χ3v) is 2.52. The largest absolute Gasteiger partial charge is 0.352 e. The van der Waals surface area contributed by atoms with Crippen molar-refractivity contribution >= 4 is 5.91 Å². The molecule has 1 heterocycles. The van der Waals surface area contributed by atoms with Gasteiger partial charge >= 0.3 is 0 Å². The normalized spacial score (nSPS) is 12.2. The molecule has 0 aliphatic rings. The van der Waals surface area contributed by atoms with E-state index in [1.807, 2.05) is 6.92 Å². The number of nitrogens with two attached hydrogens (primary N) is 1. The molecule has 16 heavy (non-hydrogen) atoms. The molecule has 1 unspecified atom stereocenters. The van der Waals surface area contributed by atoms with Gasteiger partial charge in [0.1, 0.15) is 0 Å². The zero-order valence-electron chi connectivity index (χ0n) is 9.86. The summed E-state index contributed by atoms with van der Waals surface area (Å²) in [6.45, 7) is 5.22. The molecule has 0 radical (unpaired) electrons. The van der Waals surface area contributed by atoms with Crippen molar-refractivity contribution in [2.24, 2.45) is 11.7 Å². The van der Waals surface area contributed by atoms with Gasteiger partial charge in [-0.15, -0.1) is 0 Å². The second-order valence-corrected chi connectivity index (χ2v) is 4.03. The van der Waals surface area contributed by atoms with E-state index in [1.165, 1.54) is 0 Å². The van der Waals surface area contributed by atoms with Crippen LogP contribution in [0.3, 0.4) is 0 Å². The fourth-order valence-electron chi connectivity index (χ4n) is 1.47. The van der Waals surface area contributed by atoms with E-state index in [0.717, 1.165) is 12.1 Å². The first-order chi connectivity index (χ1) is 7.65. The minimum Gasteiger partial charge on any atom is -0.352 e. The number of nitrogens with one attached hydrogen (secondary N) is 1. The Bertz CT molecular complexity index is 352. The van der Waals surface area contributed by atoms with Crippen molar-refractivity contribution < 1.29 is 4.79 Å². The summed E-state index contributed by atoms with van der Waals surface area (Å²) in [6.07, 6.45) is 2.61. The molecular weight excluding hydrogens is 202 g/mol. The molecule has 3 N–H and O–H groups in total. The van der Waals surface area contributed by atoms with Crippen LogP contribution in [0.5, 0.6) is 0 Å². The number of carbonyl (C=O) groups is 1. The molecule has 4 heteroatoms. The highest BCUT2D eigenvalue weighted by Crippen LogP contribution is 2.04. The zero-order chi connectivity index (χ0) is 12.0. The summed E-state index contributed by atoms with van der Waals surface area (Å²) in [6, 6.07) is 3.55. The number of nitrogens with zero attached hydrogens (tertiary/aromatic N) is 1. The summed E-state index contributed by atoms with van der Waals surface area (Å²) in [4.78, 5) is 15.9. The number of pyridine rings is 1. The van der Waals surface area contributed by atoms with Crippen molar-refractivity contribution in [1.29, 1.82) is 0 Å². The van der Waals surface area contributed by atoms with E-state index in [0.29, 0.717) is 24.6 Å². The molecule has 0 spiro atoms. The van der Waals surface area contributed by atoms with Crippen LogP contribution in [0.1, 0.15) is 29.4 Å². The van der Waals surface area contributed by atoms with Gasteiger partial charge in [0.05, 0.1) is 5.56 Å². The Hall–Kier alpha value is -1.42. The fourth-order valence-corrected chi connectivity index (χ4v) is 1.47. The predicted molar refractivity (Wildman–Crippen MR) is 64.1 cm³/mol. The van der Waals surface area contributed by atoms with Crippen molar-refractivity contribution in [2.75, 3.05) is 13.1 Å². The van der Waals surface area contributed by atoms with E-state index in [4.69, 9.17) is 5.73 Å². The molecule has 1 aromatic rings. The SMILES string of the molecule is Cc1ncccc1C(=O)NCC(C)CCN. The summed E-state index contributed by atoms with van der Waals surface area (Å²) in [5, 5.41) is 2.89. The third kappa shape index (κ3) is 3.62. The van der Waals surface area contributed by atoms with E-state index < -0.39 is 0 Å². The van der Waals surface area contributed by atoms with Gasteiger partial charge in [-0.05, 0) is 37.9 Å². The molecule has 1 atom stereocenters. The maximum Gasteiger partial charge on any atom is 0.253 e. The van der Waals surface area contributed by atoms with Gasteiger partial charge in [-0.3, -0.25) is 9.78 Å². The fraction of sp³-hybridized carbons (Fsp3) is 0.500. The molecule has 0 fully saturated rings. The van der Waals surface area contributed by atoms with Gasteiger partial charge in [-0.25, -0.2) is 0 Å². The first kappa shape index (κ1) is 12.6. The van der Waals surface area contributed by atoms with Gasteiger partial charge in [-0.1, -0.05) is 6.92 Å². The molecule has 0 saturated carbocycles. The van der Waals surface area contributed by atoms with Gasteiger partial charge < -0.3 is 11.1 Å². The average molecular weight is 221 g/mol. The summed E-state index contributed by atoms with van der Waals surface area (Å²) < 4.78 is 0. The number of aryl methyl sites for hydroxylation is 1. The number of amides is 1. The molecule has 0 bridgehead atoms. The highest BCUT2D eigenvalue weighted by molar-refractivity contribution is 5.95. The van der Waals surface area contributed by atoms with Gasteiger partial charge in [0, 0.05) is 18.4 Å². The minimum absolute atomic E-state index is 0.0607. The molecule has 0 aliphatic heterocycles. The quantitative estimate of drug-likeness (QED) is 0.782. The van der Waals surface area contributed by atoms with Crippen LogP contribution in [0.2, 0.25) is 0 Å². The molecule has 1 amide bonds. The van der Waals surface area contributed by atoms with Crippen LogP contribution >= 0.6 is 0 Å².